The van der Waals surface area contributed by atoms with Gasteiger partial charge in [-0.2, -0.15) is 0 Å². The third-order valence-corrected chi connectivity index (χ3v) is 4.94. The molecule has 1 aliphatic carbocycles. The zero-order valence-electron chi connectivity index (χ0n) is 13.8. The SMILES string of the molecule is C[C@H](C(=O)N1[C@@H](C)CCC[C@@H]1C)[NH+](C)CC(=O)NC1CC1. The van der Waals surface area contributed by atoms with E-state index in [-0.39, 0.29) is 17.9 Å². The van der Waals surface area contributed by atoms with Crippen LogP contribution in [0, 0.1) is 0 Å². The maximum atomic E-state index is 12.7. The summed E-state index contributed by atoms with van der Waals surface area (Å²) in [6.45, 7) is 6.58. The molecule has 1 aliphatic heterocycles. The highest BCUT2D eigenvalue weighted by Gasteiger charge is 2.35. The van der Waals surface area contributed by atoms with Gasteiger partial charge in [-0.1, -0.05) is 0 Å². The van der Waals surface area contributed by atoms with Gasteiger partial charge in [-0.25, -0.2) is 0 Å². The third-order valence-electron chi connectivity index (χ3n) is 4.94. The third kappa shape index (κ3) is 4.19. The van der Waals surface area contributed by atoms with Gasteiger partial charge in [0.15, 0.2) is 12.6 Å². The standard InChI is InChI=1S/C16H29N3O2/c1-11-6-5-7-12(2)19(11)16(21)13(3)18(4)10-15(20)17-14-8-9-14/h11-14H,5-10H2,1-4H3,(H,17,20)/p+1/t11-,12-,13+/m0/s1. The molecule has 0 spiro atoms. The van der Waals surface area contributed by atoms with Crippen molar-refractivity contribution in [2.24, 2.45) is 0 Å². The van der Waals surface area contributed by atoms with Gasteiger partial charge in [0.1, 0.15) is 0 Å². The highest BCUT2D eigenvalue weighted by Crippen LogP contribution is 2.22. The molecule has 5 nitrogen and oxygen atoms in total. The van der Waals surface area contributed by atoms with Crippen LogP contribution in [0.15, 0.2) is 0 Å². The van der Waals surface area contributed by atoms with E-state index in [1.165, 1.54) is 6.42 Å². The van der Waals surface area contributed by atoms with Crippen molar-refractivity contribution in [1.29, 1.82) is 0 Å². The number of piperidine rings is 1. The molecule has 1 heterocycles. The number of nitrogens with zero attached hydrogens (tertiary/aromatic N) is 1. The highest BCUT2D eigenvalue weighted by molar-refractivity contribution is 5.82. The summed E-state index contributed by atoms with van der Waals surface area (Å²) in [7, 11) is 1.94. The van der Waals surface area contributed by atoms with Gasteiger partial charge in [0.2, 0.25) is 0 Å². The van der Waals surface area contributed by atoms with E-state index in [0.717, 1.165) is 30.6 Å². The Labute approximate surface area is 128 Å². The molecule has 2 N–H and O–H groups in total. The van der Waals surface area contributed by atoms with E-state index in [1.54, 1.807) is 0 Å². The van der Waals surface area contributed by atoms with E-state index in [9.17, 15) is 9.59 Å². The van der Waals surface area contributed by atoms with Crippen LogP contribution >= 0.6 is 0 Å². The van der Waals surface area contributed by atoms with Crippen molar-refractivity contribution in [3.63, 3.8) is 0 Å². The van der Waals surface area contributed by atoms with E-state index >= 15 is 0 Å². The Kier molecular flexibility index (Phi) is 5.25. The van der Waals surface area contributed by atoms with E-state index in [2.05, 4.69) is 19.2 Å². The van der Waals surface area contributed by atoms with Crippen molar-refractivity contribution in [3.05, 3.63) is 0 Å². The lowest BCUT2D eigenvalue weighted by molar-refractivity contribution is -0.886. The number of rotatable bonds is 5. The van der Waals surface area contributed by atoms with Crippen molar-refractivity contribution in [2.45, 2.75) is 77.0 Å². The van der Waals surface area contributed by atoms with Crippen molar-refractivity contribution in [3.8, 4) is 0 Å². The van der Waals surface area contributed by atoms with Crippen molar-refractivity contribution in [2.75, 3.05) is 13.6 Å². The summed E-state index contributed by atoms with van der Waals surface area (Å²) >= 11 is 0. The molecule has 0 bridgehead atoms. The van der Waals surface area contributed by atoms with Gasteiger partial charge in [-0.15, -0.1) is 0 Å². The van der Waals surface area contributed by atoms with E-state index in [1.807, 2.05) is 18.9 Å². The molecule has 1 unspecified atom stereocenters. The fourth-order valence-electron chi connectivity index (χ4n) is 3.20. The molecule has 120 valence electrons. The summed E-state index contributed by atoms with van der Waals surface area (Å²) < 4.78 is 0. The quantitative estimate of drug-likeness (QED) is 0.748. The van der Waals surface area contributed by atoms with Crippen LogP contribution in [0.2, 0.25) is 0 Å². The lowest BCUT2D eigenvalue weighted by Gasteiger charge is -2.40. The Bertz CT molecular complexity index is 385. The molecule has 21 heavy (non-hydrogen) atoms. The van der Waals surface area contributed by atoms with Crippen LogP contribution in [-0.2, 0) is 9.59 Å². The summed E-state index contributed by atoms with van der Waals surface area (Å²) in [6, 6.07) is 0.852. The van der Waals surface area contributed by atoms with E-state index < -0.39 is 0 Å². The van der Waals surface area contributed by atoms with Gasteiger partial charge in [-0.3, -0.25) is 9.59 Å². The number of amides is 2. The van der Waals surface area contributed by atoms with Gasteiger partial charge >= 0.3 is 0 Å². The summed E-state index contributed by atoms with van der Waals surface area (Å²) in [5, 5.41) is 2.99. The summed E-state index contributed by atoms with van der Waals surface area (Å²) in [6.07, 6.45) is 5.57. The zero-order chi connectivity index (χ0) is 15.6. The topological polar surface area (TPSA) is 53.9 Å². The van der Waals surface area contributed by atoms with Crippen molar-refractivity contribution >= 4 is 11.8 Å². The van der Waals surface area contributed by atoms with Crippen LogP contribution in [0.5, 0.6) is 0 Å². The Morgan fingerprint density at radius 3 is 2.29 bits per heavy atom. The molecule has 2 rings (SSSR count). The Balaban J connectivity index is 1.88. The minimum Gasteiger partial charge on any atom is -0.348 e. The fourth-order valence-corrected chi connectivity index (χ4v) is 3.20. The van der Waals surface area contributed by atoms with Crippen LogP contribution < -0.4 is 10.2 Å². The predicted octanol–water partition coefficient (Wildman–Crippen LogP) is -0.0423. The highest BCUT2D eigenvalue weighted by atomic mass is 16.2. The maximum Gasteiger partial charge on any atom is 0.281 e. The Hall–Kier alpha value is -1.10. The molecule has 0 radical (unpaired) electrons. The van der Waals surface area contributed by atoms with Crippen LogP contribution in [0.4, 0.5) is 0 Å². The van der Waals surface area contributed by atoms with Crippen LogP contribution in [0.25, 0.3) is 0 Å². The second-order valence-corrected chi connectivity index (χ2v) is 6.96. The maximum absolute atomic E-state index is 12.7. The molecule has 1 saturated carbocycles. The van der Waals surface area contributed by atoms with Crippen molar-refractivity contribution in [1.82, 2.24) is 10.2 Å². The Morgan fingerprint density at radius 1 is 1.19 bits per heavy atom. The van der Waals surface area contributed by atoms with Crippen molar-refractivity contribution < 1.29 is 14.5 Å². The average molecular weight is 296 g/mol. The number of quaternary nitrogens is 1. The molecule has 0 aromatic rings. The molecule has 0 aromatic heterocycles. The van der Waals surface area contributed by atoms with Gasteiger partial charge in [-0.05, 0) is 52.9 Å². The molecular weight excluding hydrogens is 266 g/mol. The summed E-state index contributed by atoms with van der Waals surface area (Å²) in [5.41, 5.74) is 0. The van der Waals surface area contributed by atoms with E-state index in [0.29, 0.717) is 24.7 Å². The average Bonchev–Trinajstić information content (AvgIpc) is 3.21. The van der Waals surface area contributed by atoms with Gasteiger partial charge in [0.05, 0.1) is 7.05 Å². The lowest BCUT2D eigenvalue weighted by Crippen LogP contribution is -3.15. The minimum atomic E-state index is -0.169. The molecular formula is C16H30N3O2+. The van der Waals surface area contributed by atoms with E-state index in [4.69, 9.17) is 0 Å². The second kappa shape index (κ2) is 6.77. The number of carbonyl (C=O) groups excluding carboxylic acids is 2. The van der Waals surface area contributed by atoms with Crippen LogP contribution in [0.1, 0.15) is 52.9 Å². The van der Waals surface area contributed by atoms with Gasteiger partial charge < -0.3 is 15.1 Å². The molecule has 4 atom stereocenters. The molecule has 2 amide bonds. The molecule has 2 fully saturated rings. The second-order valence-electron chi connectivity index (χ2n) is 6.96. The first-order chi connectivity index (χ1) is 9.90. The van der Waals surface area contributed by atoms with Gasteiger partial charge in [0, 0.05) is 18.1 Å². The number of hydrogen-bond donors (Lipinski definition) is 2. The van der Waals surface area contributed by atoms with Gasteiger partial charge in [0.25, 0.3) is 11.8 Å². The monoisotopic (exact) mass is 296 g/mol. The zero-order valence-corrected chi connectivity index (χ0v) is 13.8. The molecule has 1 saturated heterocycles. The summed E-state index contributed by atoms with van der Waals surface area (Å²) in [4.78, 5) is 27.6. The largest absolute Gasteiger partial charge is 0.348 e. The number of carbonyl (C=O) groups is 2. The number of likely N-dealkylation sites (N-methyl/N-ethyl adjacent to an activating group) is 1. The molecule has 5 heteroatoms. The number of hydrogen-bond acceptors (Lipinski definition) is 2. The predicted molar refractivity (Wildman–Crippen MR) is 82.0 cm³/mol. The smallest absolute Gasteiger partial charge is 0.281 e. The van der Waals surface area contributed by atoms with Crippen LogP contribution in [-0.4, -0.2) is 54.5 Å². The molecule has 2 aliphatic rings. The minimum absolute atomic E-state index is 0.0643. The lowest BCUT2D eigenvalue weighted by atomic mass is 9.96. The number of nitrogens with one attached hydrogen (secondary N) is 2. The first-order valence-electron chi connectivity index (χ1n) is 8.34. The van der Waals surface area contributed by atoms with Crippen LogP contribution in [0.3, 0.4) is 0 Å². The molecule has 0 aromatic carbocycles. The first kappa shape index (κ1) is 16.3. The fraction of sp³-hybridized carbons (Fsp3) is 0.875. The normalized spacial score (nSPS) is 28.9. The number of likely N-dealkylation sites (tertiary alicyclic amines) is 1. The Morgan fingerprint density at radius 2 is 1.76 bits per heavy atom. The first-order valence-corrected chi connectivity index (χ1v) is 8.34. The summed E-state index contributed by atoms with van der Waals surface area (Å²) in [5.74, 6) is 0.251.